The van der Waals surface area contributed by atoms with E-state index in [1.807, 2.05) is 0 Å². The number of anilines is 1. The number of allylic oxidation sites excluding steroid dienone is 2. The molecule has 0 aromatic heterocycles. The average Bonchev–Trinajstić information content (AvgIpc) is 2.40. The lowest BCUT2D eigenvalue weighted by atomic mass is 10.1. The van der Waals surface area contributed by atoms with Crippen LogP contribution in [-0.2, 0) is 6.61 Å². The lowest BCUT2D eigenvalue weighted by Gasteiger charge is -2.11. The van der Waals surface area contributed by atoms with Crippen molar-refractivity contribution in [1.82, 2.24) is 0 Å². The van der Waals surface area contributed by atoms with Gasteiger partial charge in [-0.3, -0.25) is 0 Å². The van der Waals surface area contributed by atoms with Gasteiger partial charge in [-0.05, 0) is 24.1 Å². The summed E-state index contributed by atoms with van der Waals surface area (Å²) in [4.78, 5) is 0. The largest absolute Gasteiger partial charge is 0.392 e. The van der Waals surface area contributed by atoms with Crippen LogP contribution in [0.4, 0.5) is 5.69 Å². The summed E-state index contributed by atoms with van der Waals surface area (Å²) in [6.45, 7) is 1.66. The number of nitrogens with one attached hydrogen (secondary N) is 1. The molecule has 1 aromatic carbocycles. The van der Waals surface area contributed by atoms with Crippen LogP contribution >= 0.6 is 0 Å². The first-order valence-corrected chi connectivity index (χ1v) is 5.08. The highest BCUT2D eigenvalue weighted by Crippen LogP contribution is 2.21. The van der Waals surface area contributed by atoms with Crippen molar-refractivity contribution in [1.29, 1.82) is 15.8 Å². The highest BCUT2D eigenvalue weighted by molar-refractivity contribution is 5.62. The van der Waals surface area contributed by atoms with Crippen LogP contribution in [0.5, 0.6) is 0 Å². The molecule has 5 heteroatoms. The van der Waals surface area contributed by atoms with E-state index in [4.69, 9.17) is 20.9 Å². The minimum atomic E-state index is -0.272. The van der Waals surface area contributed by atoms with Crippen LogP contribution in [0.15, 0.2) is 29.5 Å². The summed E-state index contributed by atoms with van der Waals surface area (Å²) in [6, 6.07) is 10.3. The van der Waals surface area contributed by atoms with Crippen molar-refractivity contribution >= 4 is 5.69 Å². The minimum absolute atomic E-state index is 0.0989. The van der Waals surface area contributed by atoms with E-state index in [-0.39, 0.29) is 17.9 Å². The molecule has 1 rings (SSSR count). The second-order valence-electron chi connectivity index (χ2n) is 3.46. The Labute approximate surface area is 105 Å². The van der Waals surface area contributed by atoms with Crippen molar-refractivity contribution in [3.8, 4) is 18.2 Å². The standard InChI is InChI=1S/C13H10N4O/c1-9-10(8-18)3-2-4-12(9)17-13(7-16)11(5-14)6-15/h2-4,17-18H,8H2,1H3. The lowest BCUT2D eigenvalue weighted by molar-refractivity contribution is 0.281. The molecule has 5 nitrogen and oxygen atoms in total. The van der Waals surface area contributed by atoms with Crippen molar-refractivity contribution in [3.63, 3.8) is 0 Å². The summed E-state index contributed by atoms with van der Waals surface area (Å²) in [5, 5.41) is 38.2. The second-order valence-corrected chi connectivity index (χ2v) is 3.46. The number of nitrogens with zero attached hydrogens (tertiary/aromatic N) is 3. The zero-order chi connectivity index (χ0) is 13.5. The lowest BCUT2D eigenvalue weighted by Crippen LogP contribution is -2.03. The molecular formula is C13H10N4O. The zero-order valence-electron chi connectivity index (χ0n) is 9.73. The predicted octanol–water partition coefficient (Wildman–Crippen LogP) is 1.72. The van der Waals surface area contributed by atoms with E-state index >= 15 is 0 Å². The van der Waals surface area contributed by atoms with E-state index in [0.29, 0.717) is 11.3 Å². The second kappa shape index (κ2) is 6.06. The van der Waals surface area contributed by atoms with Crippen LogP contribution in [0.3, 0.4) is 0 Å². The normalized spacial score (nSPS) is 8.61. The van der Waals surface area contributed by atoms with Gasteiger partial charge >= 0.3 is 0 Å². The number of aliphatic hydroxyl groups excluding tert-OH is 1. The average molecular weight is 238 g/mol. The van der Waals surface area contributed by atoms with Gasteiger partial charge in [-0.1, -0.05) is 12.1 Å². The fourth-order valence-electron chi connectivity index (χ4n) is 1.41. The number of benzene rings is 1. The summed E-state index contributed by atoms with van der Waals surface area (Å²) in [7, 11) is 0. The van der Waals surface area contributed by atoms with Crippen LogP contribution in [0, 0.1) is 40.9 Å². The molecule has 0 spiro atoms. The van der Waals surface area contributed by atoms with Gasteiger partial charge in [-0.15, -0.1) is 0 Å². The molecule has 1 aromatic rings. The molecule has 0 heterocycles. The third-order valence-corrected chi connectivity index (χ3v) is 2.46. The molecule has 0 saturated heterocycles. The van der Waals surface area contributed by atoms with Crippen LogP contribution in [0.2, 0.25) is 0 Å². The summed E-state index contributed by atoms with van der Waals surface area (Å²) in [5.41, 5.74) is 1.70. The Morgan fingerprint density at radius 3 is 2.39 bits per heavy atom. The van der Waals surface area contributed by atoms with E-state index in [1.165, 1.54) is 0 Å². The first-order valence-electron chi connectivity index (χ1n) is 5.08. The Kier molecular flexibility index (Phi) is 4.46. The number of hydrogen-bond acceptors (Lipinski definition) is 5. The number of rotatable bonds is 3. The van der Waals surface area contributed by atoms with Gasteiger partial charge in [0.25, 0.3) is 0 Å². The molecule has 2 N–H and O–H groups in total. The first-order chi connectivity index (χ1) is 8.67. The highest BCUT2D eigenvalue weighted by atomic mass is 16.3. The molecule has 0 atom stereocenters. The zero-order valence-corrected chi connectivity index (χ0v) is 9.73. The van der Waals surface area contributed by atoms with E-state index in [1.54, 1.807) is 43.3 Å². The van der Waals surface area contributed by atoms with Crippen molar-refractivity contribution in [2.24, 2.45) is 0 Å². The van der Waals surface area contributed by atoms with Crippen LogP contribution in [0.1, 0.15) is 11.1 Å². The van der Waals surface area contributed by atoms with E-state index in [2.05, 4.69) is 5.32 Å². The molecule has 0 radical (unpaired) electrons. The maximum Gasteiger partial charge on any atom is 0.163 e. The highest BCUT2D eigenvalue weighted by Gasteiger charge is 2.09. The molecule has 0 amide bonds. The Balaban J connectivity index is 3.22. The summed E-state index contributed by atoms with van der Waals surface area (Å²) in [6.07, 6.45) is 0. The molecule has 0 bridgehead atoms. The van der Waals surface area contributed by atoms with Crippen LogP contribution < -0.4 is 5.32 Å². The van der Waals surface area contributed by atoms with Crippen LogP contribution in [-0.4, -0.2) is 5.11 Å². The van der Waals surface area contributed by atoms with Gasteiger partial charge in [-0.25, -0.2) is 0 Å². The number of hydrogen-bond donors (Lipinski definition) is 2. The van der Waals surface area contributed by atoms with Crippen molar-refractivity contribution < 1.29 is 5.11 Å². The van der Waals surface area contributed by atoms with Gasteiger partial charge in [0.1, 0.15) is 23.9 Å². The third kappa shape index (κ3) is 2.65. The fourth-order valence-corrected chi connectivity index (χ4v) is 1.41. The van der Waals surface area contributed by atoms with Gasteiger partial charge in [0.15, 0.2) is 5.57 Å². The molecule has 0 saturated carbocycles. The quantitative estimate of drug-likeness (QED) is 0.780. The topological polar surface area (TPSA) is 104 Å². The molecule has 0 aliphatic heterocycles. The molecule has 0 aliphatic rings. The molecule has 0 unspecified atom stereocenters. The number of aliphatic hydroxyl groups is 1. The van der Waals surface area contributed by atoms with E-state index in [0.717, 1.165) is 5.56 Å². The van der Waals surface area contributed by atoms with Crippen molar-refractivity contribution in [2.75, 3.05) is 5.32 Å². The maximum atomic E-state index is 9.13. The minimum Gasteiger partial charge on any atom is -0.392 e. The monoisotopic (exact) mass is 238 g/mol. The Morgan fingerprint density at radius 2 is 1.89 bits per heavy atom. The summed E-state index contributed by atoms with van der Waals surface area (Å²) >= 11 is 0. The van der Waals surface area contributed by atoms with E-state index in [9.17, 15) is 0 Å². The summed E-state index contributed by atoms with van der Waals surface area (Å²) < 4.78 is 0. The van der Waals surface area contributed by atoms with Gasteiger partial charge in [0.2, 0.25) is 0 Å². The maximum absolute atomic E-state index is 9.13. The molecular weight excluding hydrogens is 228 g/mol. The predicted molar refractivity (Wildman–Crippen MR) is 64.6 cm³/mol. The first kappa shape index (κ1) is 13.3. The molecule has 18 heavy (non-hydrogen) atoms. The van der Waals surface area contributed by atoms with Crippen molar-refractivity contribution in [3.05, 3.63) is 40.6 Å². The Morgan fingerprint density at radius 1 is 1.22 bits per heavy atom. The smallest absolute Gasteiger partial charge is 0.163 e. The third-order valence-electron chi connectivity index (χ3n) is 2.46. The molecule has 0 fully saturated rings. The SMILES string of the molecule is Cc1c(CO)cccc1NC(C#N)=C(C#N)C#N. The fraction of sp³-hybridized carbons (Fsp3) is 0.154. The Hall–Kier alpha value is -2.81. The number of nitriles is 3. The molecule has 0 aliphatic carbocycles. The van der Waals surface area contributed by atoms with Gasteiger partial charge in [-0.2, -0.15) is 15.8 Å². The summed E-state index contributed by atoms with van der Waals surface area (Å²) in [5.74, 6) is 0. The van der Waals surface area contributed by atoms with Gasteiger partial charge in [0.05, 0.1) is 6.61 Å². The van der Waals surface area contributed by atoms with Gasteiger partial charge in [0, 0.05) is 5.69 Å². The van der Waals surface area contributed by atoms with Gasteiger partial charge < -0.3 is 10.4 Å². The van der Waals surface area contributed by atoms with Crippen LogP contribution in [0.25, 0.3) is 0 Å². The van der Waals surface area contributed by atoms with Crippen molar-refractivity contribution in [2.45, 2.75) is 13.5 Å². The Bertz CT molecular complexity index is 595. The van der Waals surface area contributed by atoms with E-state index < -0.39 is 0 Å². The molecule has 88 valence electrons.